The Hall–Kier alpha value is -3.01. The third-order valence-corrected chi connectivity index (χ3v) is 9.50. The number of sulfonamides is 1. The highest BCUT2D eigenvalue weighted by Gasteiger charge is 2.27. The lowest BCUT2D eigenvalue weighted by molar-refractivity contribution is 0.0983. The van der Waals surface area contributed by atoms with Gasteiger partial charge in [0.05, 0.1) is 27.9 Å². The van der Waals surface area contributed by atoms with Crippen LogP contribution in [0.4, 0.5) is 5.13 Å². The molecule has 1 aliphatic heterocycles. The smallest absolute Gasteiger partial charge is 0.260 e. The zero-order valence-corrected chi connectivity index (χ0v) is 21.9. The number of fused-ring (bicyclic) bond motifs is 1. The summed E-state index contributed by atoms with van der Waals surface area (Å²) < 4.78 is 34.4. The molecule has 0 radical (unpaired) electrons. The molecular formula is C27H29N3O4S2. The van der Waals surface area contributed by atoms with Crippen LogP contribution in [-0.2, 0) is 23.0 Å². The van der Waals surface area contributed by atoms with Crippen molar-refractivity contribution in [3.63, 3.8) is 0 Å². The standard InChI is InChI=1S/C27H29N3O4S2/c1-2-20-9-7-11-24-25(20)28-27(35-24)30(19-22-10-8-18-34-22)26(31)21-12-14-23(15-13-21)36(32,33)29-16-5-3-4-6-17-29/h7-15,18H,2-6,16-17,19H2,1H3. The Balaban J connectivity index is 1.46. The average molecular weight is 524 g/mol. The third-order valence-electron chi connectivity index (χ3n) is 6.55. The number of thiazole rings is 1. The van der Waals surface area contributed by atoms with Crippen molar-refractivity contribution in [2.24, 2.45) is 0 Å². The van der Waals surface area contributed by atoms with Crippen molar-refractivity contribution >= 4 is 42.6 Å². The lowest BCUT2D eigenvalue weighted by Gasteiger charge is -2.21. The van der Waals surface area contributed by atoms with Gasteiger partial charge in [-0.05, 0) is 67.3 Å². The van der Waals surface area contributed by atoms with Gasteiger partial charge in [0.15, 0.2) is 5.13 Å². The van der Waals surface area contributed by atoms with Gasteiger partial charge < -0.3 is 4.42 Å². The molecule has 1 aliphatic rings. The number of furan rings is 1. The van der Waals surface area contributed by atoms with Crippen LogP contribution in [0.2, 0.25) is 0 Å². The van der Waals surface area contributed by atoms with Crippen LogP contribution in [0.1, 0.15) is 54.3 Å². The van der Waals surface area contributed by atoms with Crippen LogP contribution in [0.5, 0.6) is 0 Å². The van der Waals surface area contributed by atoms with Gasteiger partial charge in [0.2, 0.25) is 10.0 Å². The largest absolute Gasteiger partial charge is 0.467 e. The number of nitrogens with zero attached hydrogens (tertiary/aromatic N) is 3. The molecule has 0 bridgehead atoms. The van der Waals surface area contributed by atoms with Crippen molar-refractivity contribution in [2.45, 2.75) is 50.5 Å². The highest BCUT2D eigenvalue weighted by atomic mass is 32.2. The molecule has 1 saturated heterocycles. The molecule has 7 nitrogen and oxygen atoms in total. The Morgan fingerprint density at radius 2 is 1.78 bits per heavy atom. The summed E-state index contributed by atoms with van der Waals surface area (Å²) in [7, 11) is -3.58. The summed E-state index contributed by atoms with van der Waals surface area (Å²) in [5, 5.41) is 0.577. The Kier molecular flexibility index (Phi) is 7.22. The van der Waals surface area contributed by atoms with Crippen molar-refractivity contribution < 1.29 is 17.6 Å². The zero-order valence-electron chi connectivity index (χ0n) is 20.2. The Labute approximate surface area is 215 Å². The summed E-state index contributed by atoms with van der Waals surface area (Å²) in [5.41, 5.74) is 2.42. The number of amides is 1. The molecule has 9 heteroatoms. The lowest BCUT2D eigenvalue weighted by Crippen LogP contribution is -2.32. The number of aromatic nitrogens is 1. The van der Waals surface area contributed by atoms with Gasteiger partial charge in [-0.1, -0.05) is 43.2 Å². The normalized spacial score (nSPS) is 15.1. The first-order chi connectivity index (χ1) is 17.5. The van der Waals surface area contributed by atoms with Gasteiger partial charge in [-0.15, -0.1) is 0 Å². The van der Waals surface area contributed by atoms with Crippen LogP contribution in [0.25, 0.3) is 10.2 Å². The fraction of sp³-hybridized carbons (Fsp3) is 0.333. The Bertz CT molecular complexity index is 1440. The van der Waals surface area contributed by atoms with Gasteiger partial charge in [0.1, 0.15) is 5.76 Å². The number of rotatable bonds is 7. The number of hydrogen-bond acceptors (Lipinski definition) is 6. The predicted molar refractivity (Wildman–Crippen MR) is 142 cm³/mol. The molecule has 5 rings (SSSR count). The second-order valence-corrected chi connectivity index (χ2v) is 11.9. The van der Waals surface area contributed by atoms with Gasteiger partial charge in [0.25, 0.3) is 5.91 Å². The summed E-state index contributed by atoms with van der Waals surface area (Å²) in [5.74, 6) is 0.376. The Morgan fingerprint density at radius 3 is 2.44 bits per heavy atom. The zero-order chi connectivity index (χ0) is 25.1. The molecule has 0 atom stereocenters. The van der Waals surface area contributed by atoms with Gasteiger partial charge >= 0.3 is 0 Å². The van der Waals surface area contributed by atoms with E-state index in [0.29, 0.717) is 29.5 Å². The van der Waals surface area contributed by atoms with Crippen LogP contribution in [0.3, 0.4) is 0 Å². The number of para-hydroxylation sites is 1. The van der Waals surface area contributed by atoms with Crippen LogP contribution in [0.15, 0.2) is 70.2 Å². The maximum absolute atomic E-state index is 13.7. The van der Waals surface area contributed by atoms with E-state index in [0.717, 1.165) is 47.9 Å². The van der Waals surface area contributed by atoms with E-state index >= 15 is 0 Å². The SMILES string of the molecule is CCc1cccc2sc(N(Cc3ccco3)C(=O)c3ccc(S(=O)(=O)N4CCCCCC4)cc3)nc12. The topological polar surface area (TPSA) is 83.7 Å². The first-order valence-corrected chi connectivity index (χ1v) is 14.6. The summed E-state index contributed by atoms with van der Waals surface area (Å²) in [6.45, 7) is 3.39. The van der Waals surface area contributed by atoms with Gasteiger partial charge in [0, 0.05) is 18.7 Å². The second-order valence-electron chi connectivity index (χ2n) is 8.93. The molecule has 36 heavy (non-hydrogen) atoms. The van der Waals surface area contributed by atoms with Crippen molar-refractivity contribution in [1.29, 1.82) is 0 Å². The van der Waals surface area contributed by atoms with E-state index in [1.807, 2.05) is 24.3 Å². The van der Waals surface area contributed by atoms with E-state index in [1.54, 1.807) is 33.7 Å². The molecular weight excluding hydrogens is 494 g/mol. The number of carbonyl (C=O) groups excluding carboxylic acids is 1. The highest BCUT2D eigenvalue weighted by molar-refractivity contribution is 7.89. The van der Waals surface area contributed by atoms with E-state index in [4.69, 9.17) is 9.40 Å². The predicted octanol–water partition coefficient (Wildman–Crippen LogP) is 5.86. The van der Waals surface area contributed by atoms with Gasteiger partial charge in [-0.3, -0.25) is 9.69 Å². The van der Waals surface area contributed by atoms with Gasteiger partial charge in [-0.2, -0.15) is 4.31 Å². The first-order valence-electron chi connectivity index (χ1n) is 12.3. The minimum Gasteiger partial charge on any atom is -0.467 e. The molecule has 1 fully saturated rings. The number of anilines is 1. The quantitative estimate of drug-likeness (QED) is 0.303. The molecule has 4 aromatic rings. The molecule has 188 valence electrons. The minimum absolute atomic E-state index is 0.214. The highest BCUT2D eigenvalue weighted by Crippen LogP contribution is 2.33. The molecule has 2 aromatic carbocycles. The molecule has 0 N–H and O–H groups in total. The van der Waals surface area contributed by atoms with Crippen LogP contribution >= 0.6 is 11.3 Å². The molecule has 0 unspecified atom stereocenters. The summed E-state index contributed by atoms with van der Waals surface area (Å²) in [6.07, 6.45) is 6.28. The molecule has 1 amide bonds. The average Bonchev–Trinajstić information content (AvgIpc) is 3.49. The molecule has 3 heterocycles. The molecule has 0 aliphatic carbocycles. The number of carbonyl (C=O) groups is 1. The summed E-state index contributed by atoms with van der Waals surface area (Å²) in [4.78, 5) is 20.3. The van der Waals surface area contributed by atoms with E-state index in [9.17, 15) is 13.2 Å². The van der Waals surface area contributed by atoms with Gasteiger partial charge in [-0.25, -0.2) is 13.4 Å². The van der Waals surface area contributed by atoms with Crippen LogP contribution in [-0.4, -0.2) is 36.7 Å². The lowest BCUT2D eigenvalue weighted by atomic mass is 10.1. The summed E-state index contributed by atoms with van der Waals surface area (Å²) in [6, 6.07) is 15.9. The van der Waals surface area contributed by atoms with Crippen LogP contribution in [0, 0.1) is 0 Å². The maximum atomic E-state index is 13.7. The minimum atomic E-state index is -3.58. The van der Waals surface area contributed by atoms with E-state index in [-0.39, 0.29) is 17.3 Å². The fourth-order valence-electron chi connectivity index (χ4n) is 4.54. The van der Waals surface area contributed by atoms with Crippen molar-refractivity contribution in [1.82, 2.24) is 9.29 Å². The Morgan fingerprint density at radius 1 is 1.03 bits per heavy atom. The monoisotopic (exact) mass is 523 g/mol. The van der Waals surface area contributed by atoms with E-state index in [2.05, 4.69) is 6.92 Å². The fourth-order valence-corrected chi connectivity index (χ4v) is 7.06. The van der Waals surface area contributed by atoms with Crippen molar-refractivity contribution in [2.75, 3.05) is 18.0 Å². The first kappa shape index (κ1) is 24.7. The molecule has 0 saturated carbocycles. The van der Waals surface area contributed by atoms with E-state index in [1.165, 1.54) is 23.5 Å². The second kappa shape index (κ2) is 10.5. The molecule has 0 spiro atoms. The third kappa shape index (κ3) is 4.96. The van der Waals surface area contributed by atoms with E-state index < -0.39 is 10.0 Å². The maximum Gasteiger partial charge on any atom is 0.260 e. The molecule has 2 aromatic heterocycles. The number of hydrogen-bond donors (Lipinski definition) is 0. The number of aryl methyl sites for hydroxylation is 1. The summed E-state index contributed by atoms with van der Waals surface area (Å²) >= 11 is 1.46. The van der Waals surface area contributed by atoms with Crippen molar-refractivity contribution in [3.05, 3.63) is 77.7 Å². The van der Waals surface area contributed by atoms with Crippen LogP contribution < -0.4 is 4.90 Å². The van der Waals surface area contributed by atoms with Crippen molar-refractivity contribution in [3.8, 4) is 0 Å². The number of benzene rings is 2.